The first-order chi connectivity index (χ1) is 11.0. The van der Waals surface area contributed by atoms with Gasteiger partial charge < -0.3 is 14.8 Å². The molecule has 0 aliphatic heterocycles. The van der Waals surface area contributed by atoms with Gasteiger partial charge in [-0.3, -0.25) is 9.59 Å². The minimum Gasteiger partial charge on any atom is -0.481 e. The first-order valence-electron chi connectivity index (χ1n) is 6.89. The quantitative estimate of drug-likeness (QED) is 0.900. The third kappa shape index (κ3) is 2.92. The van der Waals surface area contributed by atoms with E-state index in [0.29, 0.717) is 12.8 Å². The number of carboxylic acids is 1. The van der Waals surface area contributed by atoms with Gasteiger partial charge in [-0.05, 0) is 25.0 Å². The normalized spacial score (nSPS) is 19.9. The summed E-state index contributed by atoms with van der Waals surface area (Å²) in [4.78, 5) is 26.5. The third-order valence-corrected chi connectivity index (χ3v) is 3.74. The maximum atomic E-state index is 13.6. The van der Waals surface area contributed by atoms with Crippen LogP contribution in [0.25, 0.3) is 11.5 Å². The summed E-state index contributed by atoms with van der Waals surface area (Å²) in [7, 11) is 0. The molecule has 0 radical (unpaired) electrons. The lowest BCUT2D eigenvalue weighted by Crippen LogP contribution is -2.46. The monoisotopic (exact) mass is 322 g/mol. The van der Waals surface area contributed by atoms with Crippen molar-refractivity contribution in [2.24, 2.45) is 5.92 Å². The number of carbonyl (C=O) groups is 2. The molecule has 0 saturated heterocycles. The fraction of sp³-hybridized carbons (Fsp3) is 0.267. The number of rotatable bonds is 4. The standard InChI is InChI=1S/C15H12F2N2O4/c16-9-2-1-3-10(17)12(9)14-19-11(6-23-14)13(20)18-8-4-7(5-8)15(21)22/h1-3,6-8H,4-5H2,(H,18,20)(H,21,22). The van der Waals surface area contributed by atoms with Gasteiger partial charge in [-0.15, -0.1) is 0 Å². The summed E-state index contributed by atoms with van der Waals surface area (Å²) in [6, 6.07) is 3.07. The van der Waals surface area contributed by atoms with Gasteiger partial charge in [0.05, 0.1) is 5.92 Å². The van der Waals surface area contributed by atoms with Gasteiger partial charge in [-0.2, -0.15) is 0 Å². The van der Waals surface area contributed by atoms with Crippen LogP contribution in [0.1, 0.15) is 23.3 Å². The van der Waals surface area contributed by atoms with Crippen LogP contribution >= 0.6 is 0 Å². The molecule has 0 unspecified atom stereocenters. The summed E-state index contributed by atoms with van der Waals surface area (Å²) in [5, 5.41) is 11.4. The minimum atomic E-state index is -0.894. The van der Waals surface area contributed by atoms with Gasteiger partial charge in [-0.1, -0.05) is 6.07 Å². The fourth-order valence-electron chi connectivity index (χ4n) is 2.39. The number of benzene rings is 1. The predicted molar refractivity (Wildman–Crippen MR) is 73.5 cm³/mol. The molecule has 1 fully saturated rings. The molecule has 1 aliphatic rings. The molecule has 1 aliphatic carbocycles. The molecule has 1 heterocycles. The lowest BCUT2D eigenvalue weighted by molar-refractivity contribution is -0.145. The molecular weight excluding hydrogens is 310 g/mol. The Hall–Kier alpha value is -2.77. The van der Waals surface area contributed by atoms with E-state index >= 15 is 0 Å². The zero-order chi connectivity index (χ0) is 16.6. The molecule has 6 nitrogen and oxygen atoms in total. The molecule has 1 aromatic carbocycles. The smallest absolute Gasteiger partial charge is 0.306 e. The number of amides is 1. The van der Waals surface area contributed by atoms with Gasteiger partial charge in [0, 0.05) is 6.04 Å². The molecule has 3 rings (SSSR count). The Labute approximate surface area is 129 Å². The summed E-state index contributed by atoms with van der Waals surface area (Å²) in [5.41, 5.74) is -0.567. The Balaban J connectivity index is 1.70. The Morgan fingerprint density at radius 2 is 1.91 bits per heavy atom. The number of carboxylic acid groups (broad SMARTS) is 1. The van der Waals surface area contributed by atoms with Crippen molar-refractivity contribution >= 4 is 11.9 Å². The van der Waals surface area contributed by atoms with Crippen LogP contribution in [0.5, 0.6) is 0 Å². The number of hydrogen-bond acceptors (Lipinski definition) is 4. The molecule has 23 heavy (non-hydrogen) atoms. The van der Waals surface area contributed by atoms with Crippen molar-refractivity contribution in [2.45, 2.75) is 18.9 Å². The van der Waals surface area contributed by atoms with Crippen molar-refractivity contribution in [1.29, 1.82) is 0 Å². The maximum Gasteiger partial charge on any atom is 0.306 e. The van der Waals surface area contributed by atoms with Gasteiger partial charge in [0.2, 0.25) is 5.89 Å². The van der Waals surface area contributed by atoms with E-state index in [1.807, 2.05) is 0 Å². The summed E-state index contributed by atoms with van der Waals surface area (Å²) < 4.78 is 32.3. The van der Waals surface area contributed by atoms with E-state index in [9.17, 15) is 18.4 Å². The molecule has 0 atom stereocenters. The molecule has 0 spiro atoms. The van der Waals surface area contributed by atoms with Crippen molar-refractivity contribution in [3.05, 3.63) is 41.8 Å². The third-order valence-electron chi connectivity index (χ3n) is 3.74. The van der Waals surface area contributed by atoms with Gasteiger partial charge >= 0.3 is 5.97 Å². The average molecular weight is 322 g/mol. The lowest BCUT2D eigenvalue weighted by atomic mass is 9.80. The number of aliphatic carboxylic acids is 1. The second-order valence-corrected chi connectivity index (χ2v) is 5.31. The molecule has 1 aromatic heterocycles. The Morgan fingerprint density at radius 1 is 1.26 bits per heavy atom. The van der Waals surface area contributed by atoms with Gasteiger partial charge in [0.15, 0.2) is 5.69 Å². The molecule has 120 valence electrons. The number of nitrogens with zero attached hydrogens (tertiary/aromatic N) is 1. The zero-order valence-corrected chi connectivity index (χ0v) is 11.8. The van der Waals surface area contributed by atoms with Gasteiger partial charge in [-0.25, -0.2) is 13.8 Å². The molecule has 8 heteroatoms. The number of carbonyl (C=O) groups excluding carboxylic acids is 1. The summed E-state index contributed by atoms with van der Waals surface area (Å²) in [6.07, 6.45) is 1.69. The molecule has 2 N–H and O–H groups in total. The van der Waals surface area contributed by atoms with Crippen LogP contribution in [0.15, 0.2) is 28.9 Å². The van der Waals surface area contributed by atoms with E-state index in [0.717, 1.165) is 18.4 Å². The van der Waals surface area contributed by atoms with Crippen LogP contribution in [0, 0.1) is 17.6 Å². The molecule has 0 bridgehead atoms. The van der Waals surface area contributed by atoms with Crippen molar-refractivity contribution in [3.63, 3.8) is 0 Å². The number of nitrogens with one attached hydrogen (secondary N) is 1. The van der Waals surface area contributed by atoms with Crippen LogP contribution in [0.4, 0.5) is 8.78 Å². The lowest BCUT2D eigenvalue weighted by Gasteiger charge is -2.32. The van der Waals surface area contributed by atoms with Crippen molar-refractivity contribution < 1.29 is 27.9 Å². The molecule has 1 amide bonds. The van der Waals surface area contributed by atoms with Crippen LogP contribution in [0.3, 0.4) is 0 Å². The Kier molecular flexibility index (Phi) is 3.81. The highest BCUT2D eigenvalue weighted by molar-refractivity contribution is 5.92. The fourth-order valence-corrected chi connectivity index (χ4v) is 2.39. The largest absolute Gasteiger partial charge is 0.481 e. The summed E-state index contributed by atoms with van der Waals surface area (Å²) >= 11 is 0. The van der Waals surface area contributed by atoms with E-state index in [1.165, 1.54) is 6.07 Å². The first-order valence-corrected chi connectivity index (χ1v) is 6.89. The van der Waals surface area contributed by atoms with E-state index in [2.05, 4.69) is 10.3 Å². The van der Waals surface area contributed by atoms with E-state index < -0.39 is 35.0 Å². The SMILES string of the molecule is O=C(NC1CC(C(=O)O)C1)c1coc(-c2c(F)cccc2F)n1. The number of hydrogen-bond donors (Lipinski definition) is 2. The second kappa shape index (κ2) is 5.79. The zero-order valence-electron chi connectivity index (χ0n) is 11.8. The van der Waals surface area contributed by atoms with Crippen LogP contribution in [0.2, 0.25) is 0 Å². The second-order valence-electron chi connectivity index (χ2n) is 5.31. The predicted octanol–water partition coefficient (Wildman–Crippen LogP) is 2.21. The van der Waals surface area contributed by atoms with Gasteiger partial charge in [0.1, 0.15) is 23.5 Å². The Morgan fingerprint density at radius 3 is 2.52 bits per heavy atom. The molecule has 2 aromatic rings. The highest BCUT2D eigenvalue weighted by Gasteiger charge is 2.35. The topological polar surface area (TPSA) is 92.4 Å². The van der Waals surface area contributed by atoms with E-state index in [-0.39, 0.29) is 17.6 Å². The maximum absolute atomic E-state index is 13.6. The van der Waals surface area contributed by atoms with Crippen molar-refractivity contribution in [3.8, 4) is 11.5 Å². The van der Waals surface area contributed by atoms with Gasteiger partial charge in [0.25, 0.3) is 5.91 Å². The number of halogens is 2. The van der Waals surface area contributed by atoms with Crippen molar-refractivity contribution in [1.82, 2.24) is 10.3 Å². The number of oxazole rings is 1. The van der Waals surface area contributed by atoms with Crippen LogP contribution < -0.4 is 5.32 Å². The number of aromatic nitrogens is 1. The van der Waals surface area contributed by atoms with Crippen molar-refractivity contribution in [2.75, 3.05) is 0 Å². The van der Waals surface area contributed by atoms with Crippen LogP contribution in [-0.4, -0.2) is 28.0 Å². The summed E-state index contributed by atoms with van der Waals surface area (Å²) in [6.45, 7) is 0. The minimum absolute atomic E-state index is 0.124. The van der Waals surface area contributed by atoms with Crippen LogP contribution in [-0.2, 0) is 4.79 Å². The highest BCUT2D eigenvalue weighted by Crippen LogP contribution is 2.28. The molecular formula is C15H12F2N2O4. The van der Waals surface area contributed by atoms with E-state index in [1.54, 1.807) is 0 Å². The average Bonchev–Trinajstić information content (AvgIpc) is 2.91. The highest BCUT2D eigenvalue weighted by atomic mass is 19.1. The summed E-state index contributed by atoms with van der Waals surface area (Å²) in [5.74, 6) is -3.95. The first kappa shape index (κ1) is 15.1. The molecule has 1 saturated carbocycles. The van der Waals surface area contributed by atoms with E-state index in [4.69, 9.17) is 9.52 Å². The Bertz CT molecular complexity index is 748.